The van der Waals surface area contributed by atoms with Crippen LogP contribution < -0.4 is 15.0 Å². The lowest BCUT2D eigenvalue weighted by Gasteiger charge is -2.13. The van der Waals surface area contributed by atoms with Crippen molar-refractivity contribution in [3.05, 3.63) is 23.3 Å². The Balaban J connectivity index is 2.61. The molecule has 0 bridgehead atoms. The SMILES string of the molecule is CNC1C(=O)N(C)c2c(C)cc(OC)cc21. The Morgan fingerprint density at radius 2 is 2.12 bits per heavy atom. The first-order valence-corrected chi connectivity index (χ1v) is 5.23. The third-order valence-corrected chi connectivity index (χ3v) is 3.05. The highest BCUT2D eigenvalue weighted by Crippen LogP contribution is 2.39. The Labute approximate surface area is 95.2 Å². The summed E-state index contributed by atoms with van der Waals surface area (Å²) in [5, 5.41) is 3.03. The normalized spacial score (nSPS) is 18.9. The minimum atomic E-state index is -0.256. The van der Waals surface area contributed by atoms with Gasteiger partial charge in [-0.25, -0.2) is 0 Å². The topological polar surface area (TPSA) is 41.6 Å². The first-order chi connectivity index (χ1) is 7.60. The van der Waals surface area contributed by atoms with Crippen molar-refractivity contribution in [3.8, 4) is 5.75 Å². The molecule has 1 heterocycles. The molecule has 0 aromatic heterocycles. The standard InChI is InChI=1S/C12H16N2O2/c1-7-5-8(16-4)6-9-10(13-2)12(15)14(3)11(7)9/h5-6,10,13H,1-4H3. The molecule has 4 heteroatoms. The molecule has 1 aliphatic rings. The molecule has 1 amide bonds. The molecule has 4 nitrogen and oxygen atoms in total. The second-order valence-electron chi connectivity index (χ2n) is 4.00. The van der Waals surface area contributed by atoms with E-state index in [0.29, 0.717) is 0 Å². The fourth-order valence-electron chi connectivity index (χ4n) is 2.28. The Morgan fingerprint density at radius 3 is 2.69 bits per heavy atom. The van der Waals surface area contributed by atoms with Crippen molar-refractivity contribution in [3.63, 3.8) is 0 Å². The maximum Gasteiger partial charge on any atom is 0.248 e. The van der Waals surface area contributed by atoms with E-state index in [1.807, 2.05) is 19.1 Å². The van der Waals surface area contributed by atoms with Gasteiger partial charge in [-0.1, -0.05) is 0 Å². The summed E-state index contributed by atoms with van der Waals surface area (Å²) in [6, 6.07) is 3.61. The fourth-order valence-corrected chi connectivity index (χ4v) is 2.28. The van der Waals surface area contributed by atoms with Crippen molar-refractivity contribution >= 4 is 11.6 Å². The number of carbonyl (C=O) groups excluding carboxylic acids is 1. The Hall–Kier alpha value is -1.55. The Bertz CT molecular complexity index is 443. The van der Waals surface area contributed by atoms with Crippen molar-refractivity contribution in [2.24, 2.45) is 0 Å². The highest BCUT2D eigenvalue weighted by molar-refractivity contribution is 6.05. The molecule has 1 aromatic carbocycles. The average molecular weight is 220 g/mol. The highest BCUT2D eigenvalue weighted by atomic mass is 16.5. The molecule has 2 rings (SSSR count). The minimum Gasteiger partial charge on any atom is -0.497 e. The van der Waals surface area contributed by atoms with Gasteiger partial charge in [-0.3, -0.25) is 4.79 Å². The van der Waals surface area contributed by atoms with Crippen LogP contribution in [0.25, 0.3) is 0 Å². The quantitative estimate of drug-likeness (QED) is 0.815. The molecule has 0 spiro atoms. The smallest absolute Gasteiger partial charge is 0.248 e. The average Bonchev–Trinajstić information content (AvgIpc) is 2.51. The lowest BCUT2D eigenvalue weighted by Crippen LogP contribution is -2.30. The van der Waals surface area contributed by atoms with Gasteiger partial charge < -0.3 is 15.0 Å². The van der Waals surface area contributed by atoms with Gasteiger partial charge in [-0.05, 0) is 31.7 Å². The third-order valence-electron chi connectivity index (χ3n) is 3.05. The van der Waals surface area contributed by atoms with Crippen LogP contribution in [0.15, 0.2) is 12.1 Å². The molecule has 1 aliphatic heterocycles. The van der Waals surface area contributed by atoms with Crippen LogP contribution in [0.3, 0.4) is 0 Å². The van der Waals surface area contributed by atoms with Crippen molar-refractivity contribution < 1.29 is 9.53 Å². The summed E-state index contributed by atoms with van der Waals surface area (Å²) >= 11 is 0. The number of nitrogens with one attached hydrogen (secondary N) is 1. The van der Waals surface area contributed by atoms with Crippen LogP contribution in [-0.4, -0.2) is 27.1 Å². The number of anilines is 1. The lowest BCUT2D eigenvalue weighted by atomic mass is 10.0. The summed E-state index contributed by atoms with van der Waals surface area (Å²) in [6.07, 6.45) is 0. The lowest BCUT2D eigenvalue weighted by molar-refractivity contribution is -0.119. The van der Waals surface area contributed by atoms with E-state index in [-0.39, 0.29) is 11.9 Å². The van der Waals surface area contributed by atoms with Gasteiger partial charge in [-0.2, -0.15) is 0 Å². The van der Waals surface area contributed by atoms with Crippen molar-refractivity contribution in [1.29, 1.82) is 0 Å². The van der Waals surface area contributed by atoms with Gasteiger partial charge in [0, 0.05) is 12.6 Å². The molecule has 0 aliphatic carbocycles. The summed E-state index contributed by atoms with van der Waals surface area (Å²) in [4.78, 5) is 13.7. The molecule has 1 aromatic rings. The van der Waals surface area contributed by atoms with E-state index >= 15 is 0 Å². The third kappa shape index (κ3) is 1.38. The first kappa shape index (κ1) is 11.0. The van der Waals surface area contributed by atoms with E-state index in [0.717, 1.165) is 22.6 Å². The van der Waals surface area contributed by atoms with Crippen LogP contribution >= 0.6 is 0 Å². The van der Waals surface area contributed by atoms with Crippen LogP contribution in [0.2, 0.25) is 0 Å². The van der Waals surface area contributed by atoms with Crippen molar-refractivity contribution in [2.45, 2.75) is 13.0 Å². The molecule has 86 valence electrons. The number of benzene rings is 1. The Morgan fingerprint density at radius 1 is 1.44 bits per heavy atom. The van der Waals surface area contributed by atoms with E-state index < -0.39 is 0 Å². The van der Waals surface area contributed by atoms with Gasteiger partial charge in [0.1, 0.15) is 11.8 Å². The molecule has 1 atom stereocenters. The molecular weight excluding hydrogens is 204 g/mol. The van der Waals surface area contributed by atoms with Crippen LogP contribution in [0.4, 0.5) is 5.69 Å². The number of nitrogens with zero attached hydrogens (tertiary/aromatic N) is 1. The molecule has 16 heavy (non-hydrogen) atoms. The summed E-state index contributed by atoms with van der Waals surface area (Å²) in [7, 11) is 5.23. The fraction of sp³-hybridized carbons (Fsp3) is 0.417. The summed E-state index contributed by atoms with van der Waals surface area (Å²) in [5.74, 6) is 0.869. The number of rotatable bonds is 2. The second kappa shape index (κ2) is 3.79. The summed E-state index contributed by atoms with van der Waals surface area (Å²) in [6.45, 7) is 1.99. The number of likely N-dealkylation sites (N-methyl/N-ethyl adjacent to an activating group) is 2. The van der Waals surface area contributed by atoms with E-state index in [4.69, 9.17) is 4.74 Å². The van der Waals surface area contributed by atoms with Crippen LogP contribution in [0.5, 0.6) is 5.75 Å². The van der Waals surface area contributed by atoms with Crippen molar-refractivity contribution in [2.75, 3.05) is 26.1 Å². The van der Waals surface area contributed by atoms with Crippen LogP contribution in [-0.2, 0) is 4.79 Å². The van der Waals surface area contributed by atoms with Gasteiger partial charge in [0.25, 0.3) is 0 Å². The zero-order valence-electron chi connectivity index (χ0n) is 10.00. The van der Waals surface area contributed by atoms with E-state index in [2.05, 4.69) is 5.32 Å². The number of methoxy groups -OCH3 is 1. The maximum atomic E-state index is 12.0. The van der Waals surface area contributed by atoms with Gasteiger partial charge in [0.2, 0.25) is 5.91 Å². The first-order valence-electron chi connectivity index (χ1n) is 5.23. The maximum absolute atomic E-state index is 12.0. The van der Waals surface area contributed by atoms with E-state index in [1.54, 1.807) is 26.1 Å². The predicted octanol–water partition coefficient (Wildman–Crippen LogP) is 1.24. The van der Waals surface area contributed by atoms with Gasteiger partial charge in [0.05, 0.1) is 12.8 Å². The van der Waals surface area contributed by atoms with E-state index in [1.165, 1.54) is 0 Å². The minimum absolute atomic E-state index is 0.0776. The number of carbonyl (C=O) groups is 1. The largest absolute Gasteiger partial charge is 0.497 e. The van der Waals surface area contributed by atoms with Gasteiger partial charge in [0.15, 0.2) is 0 Å². The van der Waals surface area contributed by atoms with Crippen LogP contribution in [0.1, 0.15) is 17.2 Å². The second-order valence-corrected chi connectivity index (χ2v) is 4.00. The number of fused-ring (bicyclic) bond motifs is 1. The molecule has 0 saturated carbocycles. The number of hydrogen-bond donors (Lipinski definition) is 1. The molecule has 0 radical (unpaired) electrons. The number of aryl methyl sites for hydroxylation is 1. The van der Waals surface area contributed by atoms with E-state index in [9.17, 15) is 4.79 Å². The van der Waals surface area contributed by atoms with Gasteiger partial charge >= 0.3 is 0 Å². The molecule has 1 unspecified atom stereocenters. The zero-order valence-corrected chi connectivity index (χ0v) is 10.00. The summed E-state index contributed by atoms with van der Waals surface area (Å²) < 4.78 is 5.23. The Kier molecular flexibility index (Phi) is 2.59. The highest BCUT2D eigenvalue weighted by Gasteiger charge is 2.35. The molecule has 0 saturated heterocycles. The number of hydrogen-bond acceptors (Lipinski definition) is 3. The monoisotopic (exact) mass is 220 g/mol. The molecule has 1 N–H and O–H groups in total. The predicted molar refractivity (Wildman–Crippen MR) is 62.9 cm³/mol. The molecule has 0 fully saturated rings. The number of ether oxygens (including phenoxy) is 1. The van der Waals surface area contributed by atoms with Crippen molar-refractivity contribution in [1.82, 2.24) is 5.32 Å². The summed E-state index contributed by atoms with van der Waals surface area (Å²) in [5.41, 5.74) is 3.04. The van der Waals surface area contributed by atoms with Gasteiger partial charge in [-0.15, -0.1) is 0 Å². The zero-order chi connectivity index (χ0) is 11.9. The number of amides is 1. The van der Waals surface area contributed by atoms with Crippen LogP contribution in [0, 0.1) is 6.92 Å². The molecular formula is C12H16N2O2.